The standard InChI is InChI=1S/C19H17FN2O3/c1-22-11-16(17(23)19(22)25)18(24)21-10-12-4-2-5-13(8-12)14-6-3-7-15(20)9-14/h2-9,23H,10-11H2,1H3,(H,21,24). The Morgan fingerprint density at radius 3 is 2.52 bits per heavy atom. The Morgan fingerprint density at radius 1 is 1.20 bits per heavy atom. The summed E-state index contributed by atoms with van der Waals surface area (Å²) in [4.78, 5) is 25.0. The zero-order chi connectivity index (χ0) is 18.0. The molecule has 0 saturated heterocycles. The van der Waals surface area contributed by atoms with Crippen LogP contribution in [0.1, 0.15) is 5.56 Å². The van der Waals surface area contributed by atoms with Crippen molar-refractivity contribution in [2.75, 3.05) is 13.6 Å². The van der Waals surface area contributed by atoms with E-state index in [1.807, 2.05) is 30.3 Å². The van der Waals surface area contributed by atoms with Gasteiger partial charge in [-0.25, -0.2) is 4.39 Å². The van der Waals surface area contributed by atoms with Crippen LogP contribution in [0.25, 0.3) is 11.1 Å². The number of aliphatic hydroxyl groups excluding tert-OH is 1. The number of aliphatic hydroxyl groups is 1. The summed E-state index contributed by atoms with van der Waals surface area (Å²) in [5, 5.41) is 12.4. The minimum Gasteiger partial charge on any atom is -0.503 e. The van der Waals surface area contributed by atoms with Gasteiger partial charge >= 0.3 is 0 Å². The summed E-state index contributed by atoms with van der Waals surface area (Å²) < 4.78 is 13.4. The van der Waals surface area contributed by atoms with Gasteiger partial charge in [0.05, 0.1) is 12.1 Å². The molecule has 5 nitrogen and oxygen atoms in total. The zero-order valence-electron chi connectivity index (χ0n) is 13.6. The number of hydrogen-bond acceptors (Lipinski definition) is 3. The smallest absolute Gasteiger partial charge is 0.289 e. The van der Waals surface area contributed by atoms with Gasteiger partial charge in [-0.3, -0.25) is 9.59 Å². The summed E-state index contributed by atoms with van der Waals surface area (Å²) in [5.41, 5.74) is 2.47. The van der Waals surface area contributed by atoms with Gasteiger partial charge in [0.1, 0.15) is 5.82 Å². The van der Waals surface area contributed by atoms with Gasteiger partial charge < -0.3 is 15.3 Å². The van der Waals surface area contributed by atoms with Crippen molar-refractivity contribution in [3.05, 3.63) is 71.2 Å². The Kier molecular flexibility index (Phi) is 4.52. The molecule has 3 rings (SSSR count). The van der Waals surface area contributed by atoms with Crippen LogP contribution in [0, 0.1) is 5.82 Å². The van der Waals surface area contributed by atoms with Crippen molar-refractivity contribution in [3.63, 3.8) is 0 Å². The number of benzene rings is 2. The van der Waals surface area contributed by atoms with Crippen molar-refractivity contribution < 1.29 is 19.1 Å². The monoisotopic (exact) mass is 340 g/mol. The van der Waals surface area contributed by atoms with Gasteiger partial charge in [-0.1, -0.05) is 30.3 Å². The second kappa shape index (κ2) is 6.76. The van der Waals surface area contributed by atoms with Crippen LogP contribution in [0.5, 0.6) is 0 Å². The second-order valence-corrected chi connectivity index (χ2v) is 5.88. The molecule has 25 heavy (non-hydrogen) atoms. The second-order valence-electron chi connectivity index (χ2n) is 5.88. The van der Waals surface area contributed by atoms with E-state index in [-0.39, 0.29) is 24.5 Å². The van der Waals surface area contributed by atoms with Gasteiger partial charge in [0.15, 0.2) is 5.76 Å². The summed E-state index contributed by atoms with van der Waals surface area (Å²) in [6.45, 7) is 0.316. The molecule has 1 aliphatic heterocycles. The molecule has 0 fully saturated rings. The Hall–Kier alpha value is -3.15. The molecule has 0 saturated carbocycles. The average Bonchev–Trinajstić information content (AvgIpc) is 2.87. The molecule has 2 aromatic carbocycles. The molecule has 0 atom stereocenters. The number of hydrogen-bond donors (Lipinski definition) is 2. The summed E-state index contributed by atoms with van der Waals surface area (Å²) in [6, 6.07) is 13.7. The van der Waals surface area contributed by atoms with E-state index in [0.29, 0.717) is 0 Å². The van der Waals surface area contributed by atoms with Crippen molar-refractivity contribution in [1.82, 2.24) is 10.2 Å². The first-order chi connectivity index (χ1) is 12.0. The minimum absolute atomic E-state index is 0.0637. The minimum atomic E-state index is -0.557. The molecule has 1 heterocycles. The van der Waals surface area contributed by atoms with E-state index in [9.17, 15) is 19.1 Å². The molecular formula is C19H17FN2O3. The molecule has 1 aliphatic rings. The first-order valence-corrected chi connectivity index (χ1v) is 7.76. The van der Waals surface area contributed by atoms with E-state index in [1.165, 1.54) is 24.1 Å². The van der Waals surface area contributed by atoms with E-state index in [0.717, 1.165) is 16.7 Å². The van der Waals surface area contributed by atoms with Gasteiger partial charge in [0.25, 0.3) is 11.8 Å². The van der Waals surface area contributed by atoms with E-state index >= 15 is 0 Å². The highest BCUT2D eigenvalue weighted by atomic mass is 19.1. The van der Waals surface area contributed by atoms with Crippen LogP contribution >= 0.6 is 0 Å². The molecule has 0 spiro atoms. The Morgan fingerprint density at radius 2 is 1.88 bits per heavy atom. The first-order valence-electron chi connectivity index (χ1n) is 7.76. The van der Waals surface area contributed by atoms with E-state index in [2.05, 4.69) is 5.32 Å². The number of likely N-dealkylation sites (N-methyl/N-ethyl adjacent to an activating group) is 1. The summed E-state index contributed by atoms with van der Waals surface area (Å²) in [7, 11) is 1.52. The number of nitrogens with zero attached hydrogens (tertiary/aromatic N) is 1. The topological polar surface area (TPSA) is 69.6 Å². The quantitative estimate of drug-likeness (QED) is 0.898. The maximum atomic E-state index is 13.4. The highest BCUT2D eigenvalue weighted by molar-refractivity contribution is 6.06. The van der Waals surface area contributed by atoms with Gasteiger partial charge in [-0.05, 0) is 34.9 Å². The maximum Gasteiger partial charge on any atom is 0.289 e. The van der Waals surface area contributed by atoms with Crippen LogP contribution in [-0.2, 0) is 16.1 Å². The molecule has 2 amide bonds. The number of halogens is 1. The molecule has 0 radical (unpaired) electrons. The van der Waals surface area contributed by atoms with Crippen LogP contribution in [0.2, 0.25) is 0 Å². The van der Waals surface area contributed by atoms with Gasteiger partial charge in [-0.2, -0.15) is 0 Å². The predicted molar refractivity (Wildman–Crippen MR) is 91.0 cm³/mol. The number of carbonyl (C=O) groups excluding carboxylic acids is 2. The summed E-state index contributed by atoms with van der Waals surface area (Å²) in [6.07, 6.45) is 0. The third-order valence-corrected chi connectivity index (χ3v) is 4.04. The van der Waals surface area contributed by atoms with E-state index in [1.54, 1.807) is 6.07 Å². The van der Waals surface area contributed by atoms with Crippen molar-refractivity contribution in [1.29, 1.82) is 0 Å². The number of rotatable bonds is 4. The van der Waals surface area contributed by atoms with Crippen LogP contribution in [-0.4, -0.2) is 35.4 Å². The largest absolute Gasteiger partial charge is 0.503 e. The lowest BCUT2D eigenvalue weighted by Gasteiger charge is -2.09. The maximum absolute atomic E-state index is 13.4. The lowest BCUT2D eigenvalue weighted by molar-refractivity contribution is -0.126. The predicted octanol–water partition coefficient (Wildman–Crippen LogP) is 2.39. The Balaban J connectivity index is 1.71. The van der Waals surface area contributed by atoms with Crippen molar-refractivity contribution in [2.45, 2.75) is 6.54 Å². The fourth-order valence-electron chi connectivity index (χ4n) is 2.69. The van der Waals surface area contributed by atoms with Crippen LogP contribution < -0.4 is 5.32 Å². The SMILES string of the molecule is CN1CC(C(=O)NCc2cccc(-c3cccc(F)c3)c2)=C(O)C1=O. The molecule has 6 heteroatoms. The molecule has 0 unspecified atom stereocenters. The number of nitrogens with one attached hydrogen (secondary N) is 1. The Labute approximate surface area is 144 Å². The van der Waals surface area contributed by atoms with E-state index in [4.69, 9.17) is 0 Å². The highest BCUT2D eigenvalue weighted by Gasteiger charge is 2.31. The zero-order valence-corrected chi connectivity index (χ0v) is 13.6. The number of carbonyl (C=O) groups is 2. The fourth-order valence-corrected chi connectivity index (χ4v) is 2.69. The van der Waals surface area contributed by atoms with Crippen LogP contribution in [0.4, 0.5) is 4.39 Å². The van der Waals surface area contributed by atoms with Gasteiger partial charge in [0.2, 0.25) is 0 Å². The van der Waals surface area contributed by atoms with Gasteiger partial charge in [0, 0.05) is 13.6 Å². The fraction of sp³-hybridized carbons (Fsp3) is 0.158. The lowest BCUT2D eigenvalue weighted by atomic mass is 10.0. The van der Waals surface area contributed by atoms with Crippen molar-refractivity contribution >= 4 is 11.8 Å². The molecule has 0 bridgehead atoms. The normalized spacial score (nSPS) is 14.2. The molecular weight excluding hydrogens is 323 g/mol. The molecule has 0 aromatic heterocycles. The lowest BCUT2D eigenvalue weighted by Crippen LogP contribution is -2.27. The van der Waals surface area contributed by atoms with Crippen LogP contribution in [0.15, 0.2) is 59.9 Å². The van der Waals surface area contributed by atoms with Crippen molar-refractivity contribution in [2.24, 2.45) is 0 Å². The number of amides is 2. The van der Waals surface area contributed by atoms with Gasteiger partial charge in [-0.15, -0.1) is 0 Å². The third kappa shape index (κ3) is 3.52. The summed E-state index contributed by atoms with van der Waals surface area (Å²) >= 11 is 0. The third-order valence-electron chi connectivity index (χ3n) is 4.04. The van der Waals surface area contributed by atoms with Crippen molar-refractivity contribution in [3.8, 4) is 11.1 Å². The van der Waals surface area contributed by atoms with Crippen LogP contribution in [0.3, 0.4) is 0 Å². The van der Waals surface area contributed by atoms with E-state index < -0.39 is 17.6 Å². The first kappa shape index (κ1) is 16.7. The molecule has 0 aliphatic carbocycles. The molecule has 2 N–H and O–H groups in total. The Bertz CT molecular complexity index is 876. The average molecular weight is 340 g/mol. The molecule has 2 aromatic rings. The molecule has 128 valence electrons. The summed E-state index contributed by atoms with van der Waals surface area (Å²) in [5.74, 6) is -1.85. The highest BCUT2D eigenvalue weighted by Crippen LogP contribution is 2.21.